The summed E-state index contributed by atoms with van der Waals surface area (Å²) in [4.78, 5) is 29.6. The molecule has 35 heteroatoms. The van der Waals surface area contributed by atoms with Gasteiger partial charge in [-0.3, -0.25) is 4.79 Å². The predicted octanol–water partition coefficient (Wildman–Crippen LogP) is -2.91. The van der Waals surface area contributed by atoms with Gasteiger partial charge in [0.25, 0.3) is 0 Å². The van der Waals surface area contributed by atoms with Crippen LogP contribution in [0.1, 0.15) is 139 Å². The standard InChI is InChI=1S/C78H124O35/c1-11-33(2)13-12-14-35(26-79)64(97)99-31-42-51(88)53(90)63(112-68-58(95)54(91)60(34(3)105-68)109-67-59(96)61(41(83)30-102-67)110-65-55(92)47(84)38(80)27-100-65)71(107-42)113-72(98)78-23-21-73(4,5)25-37(78)36-15-16-45-75(8)19-18-46(74(6,7)44(75)17-20-77(45,10)76(36,9)22-24-78)108-69-57(94)52(89)50(87)43(106-69)32-104-70-62(49(86)40(82)29-103-70)111-66-56(93)48(85)39(81)28-101-66/h11,14-15,33-34,37-63,65-71,79-96H,1,12-13,16-32H2,2-10H3/b35-14+/t33-,34+,37+,38-,39-,40+,41-,42-,43-,44+,45-,46+,47+,48+,49+,50-,51-,52+,53+,54+,55-,56-,57-,58-,59-,60+,61+,62-,63-,65+,66+,67+,68+,69+,70+,71+,75+,76-,77-,78+/m1/s1. The third kappa shape index (κ3) is 17.1. The van der Waals surface area contributed by atoms with Crippen LogP contribution in [0.15, 0.2) is 36.0 Å². The summed E-state index contributed by atoms with van der Waals surface area (Å²) in [6.07, 6.45) is -40.2. The van der Waals surface area contributed by atoms with E-state index >= 15 is 4.79 Å². The Labute approximate surface area is 656 Å². The number of carbonyl (C=O) groups is 2. The first-order valence-electron chi connectivity index (χ1n) is 40.1. The lowest BCUT2D eigenvalue weighted by molar-refractivity contribution is -0.379. The van der Waals surface area contributed by atoms with Crippen molar-refractivity contribution in [2.45, 2.75) is 336 Å². The molecule has 0 aromatic rings. The third-order valence-corrected chi connectivity index (χ3v) is 28.2. The predicted molar refractivity (Wildman–Crippen MR) is 383 cm³/mol. The van der Waals surface area contributed by atoms with Crippen LogP contribution in [0.25, 0.3) is 0 Å². The van der Waals surface area contributed by atoms with Gasteiger partial charge in [-0.1, -0.05) is 79.2 Å². The van der Waals surface area contributed by atoms with Gasteiger partial charge in [0.05, 0.1) is 62.8 Å². The van der Waals surface area contributed by atoms with Crippen molar-refractivity contribution in [2.75, 3.05) is 46.2 Å². The minimum absolute atomic E-state index is 0.0350. The molecule has 0 radical (unpaired) electrons. The van der Waals surface area contributed by atoms with Crippen molar-refractivity contribution in [3.63, 3.8) is 0 Å². The van der Waals surface area contributed by atoms with E-state index < -0.39 is 277 Å². The lowest BCUT2D eigenvalue weighted by atomic mass is 9.33. The van der Waals surface area contributed by atoms with E-state index in [1.54, 1.807) is 6.08 Å². The zero-order valence-corrected chi connectivity index (χ0v) is 65.6. The number of hydrogen-bond donors (Lipinski definition) is 18. The summed E-state index contributed by atoms with van der Waals surface area (Å²) < 4.78 is 89.6. The van der Waals surface area contributed by atoms with Gasteiger partial charge in [-0.05, 0) is 135 Å². The fourth-order valence-corrected chi connectivity index (χ4v) is 20.8. The molecule has 18 N–H and O–H groups in total. The smallest absolute Gasteiger partial charge is 0.336 e. The van der Waals surface area contributed by atoms with Crippen LogP contribution in [0.3, 0.4) is 0 Å². The molecule has 11 fully saturated rings. The third-order valence-electron chi connectivity index (χ3n) is 28.2. The number of aliphatic hydroxyl groups is 18. The molecule has 113 heavy (non-hydrogen) atoms. The zero-order valence-electron chi connectivity index (χ0n) is 65.6. The van der Waals surface area contributed by atoms with Crippen LogP contribution >= 0.6 is 0 Å². The van der Waals surface area contributed by atoms with Crippen molar-refractivity contribution in [3.05, 3.63) is 36.0 Å². The van der Waals surface area contributed by atoms with E-state index in [2.05, 4.69) is 61.1 Å². The van der Waals surface area contributed by atoms with Crippen molar-refractivity contribution in [1.29, 1.82) is 0 Å². The van der Waals surface area contributed by atoms with E-state index in [9.17, 15) is 96.7 Å². The second kappa shape index (κ2) is 35.2. The Kier molecular flexibility index (Phi) is 27.8. The Hall–Kier alpha value is -3.08. The molecule has 646 valence electrons. The molecule has 4 saturated carbocycles. The van der Waals surface area contributed by atoms with Gasteiger partial charge in [0.15, 0.2) is 43.8 Å². The molecule has 0 unspecified atom stereocenters. The molecule has 7 heterocycles. The van der Waals surface area contributed by atoms with Crippen LogP contribution in [0.5, 0.6) is 0 Å². The number of ether oxygens (including phenoxy) is 15. The molecule has 35 nitrogen and oxygen atoms in total. The molecule has 7 saturated heterocycles. The van der Waals surface area contributed by atoms with Crippen LogP contribution in [-0.2, 0) is 80.6 Å². The molecule has 12 rings (SSSR count). The van der Waals surface area contributed by atoms with Gasteiger partial charge in [-0.2, -0.15) is 0 Å². The molecule has 0 bridgehead atoms. The van der Waals surface area contributed by atoms with Gasteiger partial charge in [0.1, 0.15) is 141 Å². The lowest BCUT2D eigenvalue weighted by Gasteiger charge is -2.71. The molecule has 5 aliphatic carbocycles. The van der Waals surface area contributed by atoms with Crippen LogP contribution in [0.2, 0.25) is 0 Å². The van der Waals surface area contributed by atoms with Gasteiger partial charge >= 0.3 is 11.9 Å². The lowest BCUT2D eigenvalue weighted by Crippen LogP contribution is -2.67. The topological polar surface area (TPSA) is 537 Å². The number of fused-ring (bicyclic) bond motifs is 7. The SMILES string of the molecule is C=C[C@@H](C)CC/C=C(\CO)C(=O)OC[C@H]1O[C@@H](OC(=O)[C@]23CCC(C)(C)C[C@H]2C2=CC[C@@H]4[C@@]5(C)CC[C@H](O[C@@H]6O[C@H](CO[C@@H]7OC[C@H](O)[C@H](O)[C@H]7O[C@@H]7OC[C@@H](O)[C@H](O)[C@H]7O)[C@@H](O)[C@H](O)[C@H]6O)C(C)(C)[C@@H]5CC[C@@]4(C)[C@]2(C)CC3)[C@H](O[C@@H]2O[C@@H](C)[C@H](O[C@@H]3OC[C@@H](O)[C@H](O[C@@H]4OC[C@@H](O)[C@H](O)[C@H]4O)[C@H]3O)[C@@H](O)[C@H]2O)[C@@H](O)[C@@H]1O. The molecule has 40 atom stereocenters. The number of aliphatic hydroxyl groups excluding tert-OH is 18. The summed E-state index contributed by atoms with van der Waals surface area (Å²) in [5, 5.41) is 198. The van der Waals surface area contributed by atoms with Gasteiger partial charge in [-0.15, -0.1) is 6.58 Å². The highest BCUT2D eigenvalue weighted by atomic mass is 16.8. The molecule has 0 aromatic carbocycles. The van der Waals surface area contributed by atoms with Gasteiger partial charge in [0, 0.05) is 0 Å². The Morgan fingerprint density at radius 2 is 1.05 bits per heavy atom. The van der Waals surface area contributed by atoms with Crippen molar-refractivity contribution in [1.82, 2.24) is 0 Å². The highest BCUT2D eigenvalue weighted by molar-refractivity contribution is 5.88. The van der Waals surface area contributed by atoms with Gasteiger partial charge < -0.3 is 163 Å². The number of allylic oxidation sites excluding steroid dienone is 4. The fraction of sp³-hybridized carbons (Fsp3) is 0.897. The Morgan fingerprint density at radius 1 is 0.531 bits per heavy atom. The first-order chi connectivity index (χ1) is 53.2. The first kappa shape index (κ1) is 89.2. The molecule has 7 aliphatic heterocycles. The molecular weight excluding hydrogens is 1500 g/mol. The molecular formula is C78H124O35. The average molecular weight is 1620 g/mol. The second-order valence-electron chi connectivity index (χ2n) is 36.0. The van der Waals surface area contributed by atoms with E-state index in [1.165, 1.54) is 13.0 Å². The van der Waals surface area contributed by atoms with Crippen molar-refractivity contribution in [2.24, 2.45) is 56.2 Å². The van der Waals surface area contributed by atoms with E-state index in [-0.39, 0.29) is 39.6 Å². The first-order valence-corrected chi connectivity index (χ1v) is 40.1. The van der Waals surface area contributed by atoms with Crippen LogP contribution in [0.4, 0.5) is 0 Å². The van der Waals surface area contributed by atoms with Gasteiger partial charge in [-0.25, -0.2) is 4.79 Å². The molecule has 0 amide bonds. The van der Waals surface area contributed by atoms with Crippen molar-refractivity contribution >= 4 is 11.9 Å². The van der Waals surface area contributed by atoms with E-state index in [0.717, 1.165) is 18.4 Å². The van der Waals surface area contributed by atoms with Gasteiger partial charge in [0.2, 0.25) is 6.29 Å². The Morgan fingerprint density at radius 3 is 1.70 bits per heavy atom. The minimum atomic E-state index is -2.06. The summed E-state index contributed by atoms with van der Waals surface area (Å²) in [6, 6.07) is 0. The molecule has 12 aliphatic rings. The normalized spacial score (nSPS) is 50.3. The Bertz CT molecular complexity index is 3290. The van der Waals surface area contributed by atoms with E-state index in [4.69, 9.17) is 71.1 Å². The largest absolute Gasteiger partial charge is 0.459 e. The molecule has 0 aromatic heterocycles. The van der Waals surface area contributed by atoms with Crippen LogP contribution < -0.4 is 0 Å². The highest BCUT2D eigenvalue weighted by Crippen LogP contribution is 2.76. The van der Waals surface area contributed by atoms with Crippen LogP contribution in [-0.4, -0.2) is 347 Å². The summed E-state index contributed by atoms with van der Waals surface area (Å²) in [5.41, 5.74) is -2.17. The quantitative estimate of drug-likeness (QED) is 0.0211. The Balaban J connectivity index is 0.753. The summed E-state index contributed by atoms with van der Waals surface area (Å²) >= 11 is 0. The van der Waals surface area contributed by atoms with E-state index in [1.807, 2.05) is 6.92 Å². The zero-order chi connectivity index (χ0) is 82.3. The molecule has 0 spiro atoms. The monoisotopic (exact) mass is 1620 g/mol. The van der Waals surface area contributed by atoms with E-state index in [0.29, 0.717) is 64.2 Å². The fourth-order valence-electron chi connectivity index (χ4n) is 20.8. The summed E-state index contributed by atoms with van der Waals surface area (Å²) in [6.45, 7) is 19.0. The number of esters is 2. The maximum Gasteiger partial charge on any atom is 0.336 e. The highest BCUT2D eigenvalue weighted by Gasteiger charge is 2.71. The summed E-state index contributed by atoms with van der Waals surface area (Å²) in [5.74, 6) is -1.82. The van der Waals surface area contributed by atoms with Crippen molar-refractivity contribution < 1.29 is 173 Å². The average Bonchev–Trinajstić information content (AvgIpc) is 0.673. The second-order valence-corrected chi connectivity index (χ2v) is 36.0. The minimum Gasteiger partial charge on any atom is -0.459 e. The number of carbonyl (C=O) groups excluding carboxylic acids is 2. The van der Waals surface area contributed by atoms with Crippen molar-refractivity contribution in [3.8, 4) is 0 Å². The maximum absolute atomic E-state index is 16.1. The number of rotatable bonds is 23. The summed E-state index contributed by atoms with van der Waals surface area (Å²) in [7, 11) is 0. The van der Waals surface area contributed by atoms with Crippen LogP contribution in [0, 0.1) is 56.2 Å². The maximum atomic E-state index is 16.1. The number of hydrogen-bond acceptors (Lipinski definition) is 35.